The fraction of sp³-hybridized carbons (Fsp3) is 0.368. The normalized spacial score (nSPS) is 15.4. The van der Waals surface area contributed by atoms with Crippen LogP contribution in [0.25, 0.3) is 10.9 Å². The number of carbonyl (C=O) groups is 1. The molecule has 27 heavy (non-hydrogen) atoms. The molecule has 0 atom stereocenters. The van der Waals surface area contributed by atoms with Crippen molar-refractivity contribution in [3.05, 3.63) is 59.2 Å². The lowest BCUT2D eigenvalue weighted by Crippen LogP contribution is -2.49. The average molecular weight is 366 g/mol. The molecule has 0 radical (unpaired) electrons. The van der Waals surface area contributed by atoms with Gasteiger partial charge in [-0.1, -0.05) is 12.1 Å². The van der Waals surface area contributed by atoms with Crippen LogP contribution in [0, 0.1) is 0 Å². The molecule has 0 aliphatic carbocycles. The Bertz CT molecular complexity index is 1020. The summed E-state index contributed by atoms with van der Waals surface area (Å²) in [5.74, 6) is 0.967. The van der Waals surface area contributed by atoms with E-state index in [1.807, 2.05) is 28.8 Å². The van der Waals surface area contributed by atoms with E-state index in [1.54, 1.807) is 24.4 Å². The van der Waals surface area contributed by atoms with Gasteiger partial charge < -0.3 is 9.47 Å². The summed E-state index contributed by atoms with van der Waals surface area (Å²) in [7, 11) is 1.98. The van der Waals surface area contributed by atoms with E-state index in [1.165, 1.54) is 10.9 Å². The quantitative estimate of drug-likeness (QED) is 0.671. The van der Waals surface area contributed by atoms with Crippen LogP contribution in [0.1, 0.15) is 5.82 Å². The minimum Gasteiger partial charge on any atom is -0.339 e. The van der Waals surface area contributed by atoms with Gasteiger partial charge in [0.05, 0.1) is 23.8 Å². The van der Waals surface area contributed by atoms with E-state index < -0.39 is 0 Å². The highest BCUT2D eigenvalue weighted by atomic mass is 16.2. The Kier molecular flexibility index (Phi) is 4.72. The number of para-hydroxylation sites is 1. The number of carbonyl (C=O) groups excluding carboxylic acids is 1. The van der Waals surface area contributed by atoms with Gasteiger partial charge in [0.25, 0.3) is 5.56 Å². The van der Waals surface area contributed by atoms with Crippen molar-refractivity contribution in [2.75, 3.05) is 26.2 Å². The second-order valence-corrected chi connectivity index (χ2v) is 6.81. The van der Waals surface area contributed by atoms with Gasteiger partial charge in [-0.3, -0.25) is 19.1 Å². The molecule has 2 aromatic heterocycles. The van der Waals surface area contributed by atoms with Crippen molar-refractivity contribution in [1.29, 1.82) is 0 Å². The molecule has 0 N–H and O–H groups in total. The van der Waals surface area contributed by atoms with Crippen LogP contribution in [0.4, 0.5) is 0 Å². The smallest absolute Gasteiger partial charge is 0.261 e. The number of hydrogen-bond donors (Lipinski definition) is 0. The summed E-state index contributed by atoms with van der Waals surface area (Å²) in [6.07, 6.45) is 5.19. The SMILES string of the molecule is Cn1ccnc1CN1CCN(C(=O)Cn2cnc3ccccc3c2=O)CC1. The minimum atomic E-state index is -0.178. The van der Waals surface area contributed by atoms with Crippen LogP contribution < -0.4 is 5.56 Å². The fourth-order valence-electron chi connectivity index (χ4n) is 3.37. The molecule has 0 spiro atoms. The third kappa shape index (κ3) is 3.61. The second-order valence-electron chi connectivity index (χ2n) is 6.81. The molecule has 1 fully saturated rings. The minimum absolute atomic E-state index is 0.0238. The number of fused-ring (bicyclic) bond motifs is 1. The number of rotatable bonds is 4. The van der Waals surface area contributed by atoms with Crippen LogP contribution in [0.3, 0.4) is 0 Å². The highest BCUT2D eigenvalue weighted by Gasteiger charge is 2.22. The molecule has 1 aliphatic heterocycles. The maximum atomic E-state index is 12.6. The molecule has 1 amide bonds. The number of benzene rings is 1. The van der Waals surface area contributed by atoms with Gasteiger partial charge in [-0.05, 0) is 12.1 Å². The van der Waals surface area contributed by atoms with E-state index in [9.17, 15) is 9.59 Å². The number of hydrogen-bond acceptors (Lipinski definition) is 5. The first-order valence-electron chi connectivity index (χ1n) is 9.02. The highest BCUT2D eigenvalue weighted by molar-refractivity contribution is 5.79. The Balaban J connectivity index is 1.38. The van der Waals surface area contributed by atoms with Crippen LogP contribution in [0.2, 0.25) is 0 Å². The summed E-state index contributed by atoms with van der Waals surface area (Å²) in [5.41, 5.74) is 0.469. The summed E-state index contributed by atoms with van der Waals surface area (Å²) >= 11 is 0. The zero-order valence-electron chi connectivity index (χ0n) is 15.3. The lowest BCUT2D eigenvalue weighted by molar-refractivity contribution is -0.133. The Morgan fingerprint density at radius 2 is 1.89 bits per heavy atom. The fourth-order valence-corrected chi connectivity index (χ4v) is 3.37. The van der Waals surface area contributed by atoms with E-state index in [0.717, 1.165) is 25.5 Å². The van der Waals surface area contributed by atoms with Crippen LogP contribution in [-0.4, -0.2) is 61.0 Å². The lowest BCUT2D eigenvalue weighted by Gasteiger charge is -2.34. The van der Waals surface area contributed by atoms with Crippen molar-refractivity contribution in [2.24, 2.45) is 7.05 Å². The van der Waals surface area contributed by atoms with Gasteiger partial charge in [-0.2, -0.15) is 0 Å². The zero-order valence-corrected chi connectivity index (χ0v) is 15.3. The highest BCUT2D eigenvalue weighted by Crippen LogP contribution is 2.08. The Morgan fingerprint density at radius 1 is 1.11 bits per heavy atom. The first-order chi connectivity index (χ1) is 13.1. The number of nitrogens with zero attached hydrogens (tertiary/aromatic N) is 6. The molecule has 8 nitrogen and oxygen atoms in total. The number of imidazole rings is 1. The molecule has 1 saturated heterocycles. The summed E-state index contributed by atoms with van der Waals surface area (Å²) in [5, 5.41) is 0.535. The van der Waals surface area contributed by atoms with E-state index in [0.29, 0.717) is 24.0 Å². The molecule has 1 aromatic carbocycles. The Morgan fingerprint density at radius 3 is 2.63 bits per heavy atom. The molecule has 3 aromatic rings. The summed E-state index contributed by atoms with van der Waals surface area (Å²) in [6.45, 7) is 3.70. The first kappa shape index (κ1) is 17.4. The first-order valence-corrected chi connectivity index (χ1v) is 9.02. The van der Waals surface area contributed by atoms with Gasteiger partial charge in [-0.15, -0.1) is 0 Å². The molecular formula is C19H22N6O2. The van der Waals surface area contributed by atoms with Crippen molar-refractivity contribution in [2.45, 2.75) is 13.1 Å². The maximum Gasteiger partial charge on any atom is 0.261 e. The van der Waals surface area contributed by atoms with Gasteiger partial charge in [0.15, 0.2) is 0 Å². The molecule has 0 saturated carbocycles. The van der Waals surface area contributed by atoms with E-state index >= 15 is 0 Å². The third-order valence-corrected chi connectivity index (χ3v) is 5.05. The lowest BCUT2D eigenvalue weighted by atomic mass is 10.2. The van der Waals surface area contributed by atoms with Crippen LogP contribution in [-0.2, 0) is 24.9 Å². The summed E-state index contributed by atoms with van der Waals surface area (Å²) in [6, 6.07) is 7.18. The predicted molar refractivity (Wildman–Crippen MR) is 101 cm³/mol. The summed E-state index contributed by atoms with van der Waals surface area (Å²) in [4.78, 5) is 37.9. The van der Waals surface area contributed by atoms with Gasteiger partial charge in [0.2, 0.25) is 5.91 Å². The van der Waals surface area contributed by atoms with E-state index in [-0.39, 0.29) is 18.0 Å². The standard InChI is InChI=1S/C19H22N6O2/c1-22-7-6-20-17(22)12-23-8-10-24(11-9-23)18(26)13-25-14-21-16-5-3-2-4-15(16)19(25)27/h2-7,14H,8-13H2,1H3. The molecule has 0 unspecified atom stereocenters. The average Bonchev–Trinajstić information content (AvgIpc) is 3.09. The summed E-state index contributed by atoms with van der Waals surface area (Å²) < 4.78 is 3.40. The largest absolute Gasteiger partial charge is 0.339 e. The van der Waals surface area contributed by atoms with Crippen molar-refractivity contribution in [3.63, 3.8) is 0 Å². The number of piperazine rings is 1. The maximum absolute atomic E-state index is 12.6. The molecular weight excluding hydrogens is 344 g/mol. The van der Waals surface area contributed by atoms with Crippen LogP contribution in [0.15, 0.2) is 47.8 Å². The van der Waals surface area contributed by atoms with Crippen molar-refractivity contribution < 1.29 is 4.79 Å². The van der Waals surface area contributed by atoms with Crippen molar-refractivity contribution in [1.82, 2.24) is 28.9 Å². The van der Waals surface area contributed by atoms with Gasteiger partial charge in [0.1, 0.15) is 12.4 Å². The second kappa shape index (κ2) is 7.32. The van der Waals surface area contributed by atoms with Crippen LogP contribution in [0.5, 0.6) is 0 Å². The predicted octanol–water partition coefficient (Wildman–Crippen LogP) is 0.474. The van der Waals surface area contributed by atoms with Crippen LogP contribution >= 0.6 is 0 Å². The van der Waals surface area contributed by atoms with E-state index in [2.05, 4.69) is 14.9 Å². The molecule has 140 valence electrons. The monoisotopic (exact) mass is 366 g/mol. The molecule has 4 rings (SSSR count). The molecule has 0 bridgehead atoms. The van der Waals surface area contributed by atoms with Gasteiger partial charge in [-0.25, -0.2) is 9.97 Å². The van der Waals surface area contributed by atoms with Gasteiger partial charge in [0, 0.05) is 45.6 Å². The number of amides is 1. The number of aromatic nitrogens is 4. The Hall–Kier alpha value is -3.00. The van der Waals surface area contributed by atoms with Crippen molar-refractivity contribution >= 4 is 16.8 Å². The topological polar surface area (TPSA) is 76.3 Å². The van der Waals surface area contributed by atoms with Gasteiger partial charge >= 0.3 is 0 Å². The van der Waals surface area contributed by atoms with E-state index in [4.69, 9.17) is 0 Å². The molecule has 8 heteroatoms. The number of aryl methyl sites for hydroxylation is 1. The third-order valence-electron chi connectivity index (χ3n) is 5.05. The molecule has 3 heterocycles. The molecule has 1 aliphatic rings. The Labute approximate surface area is 156 Å². The zero-order chi connectivity index (χ0) is 18.8. The van der Waals surface area contributed by atoms with Crippen molar-refractivity contribution in [3.8, 4) is 0 Å².